The monoisotopic (exact) mass is 494 g/mol. The van der Waals surface area contributed by atoms with Gasteiger partial charge in [0.1, 0.15) is 0 Å². The molecule has 35 heavy (non-hydrogen) atoms. The van der Waals surface area contributed by atoms with E-state index in [1.807, 2.05) is 0 Å². The van der Waals surface area contributed by atoms with Gasteiger partial charge in [-0.05, 0) is 44.4 Å². The molecule has 2 aliphatic rings. The molecule has 0 aromatic rings. The maximum absolute atomic E-state index is 10.8. The van der Waals surface area contributed by atoms with Crippen molar-refractivity contribution in [3.63, 3.8) is 0 Å². The molecule has 0 aromatic carbocycles. The van der Waals surface area contributed by atoms with Crippen LogP contribution in [0, 0.1) is 11.8 Å². The van der Waals surface area contributed by atoms with Crippen LogP contribution < -0.4 is 10.6 Å². The molecular weight excluding hydrogens is 432 g/mol. The highest BCUT2D eigenvalue weighted by Gasteiger charge is 2.36. The Labute approximate surface area is 219 Å². The van der Waals surface area contributed by atoms with E-state index >= 15 is 0 Å². The number of nitrogens with one attached hydrogen (secondary N) is 2. The number of hydrogen-bond donors (Lipinski definition) is 3. The molecule has 1 aliphatic carbocycles. The molecule has 0 radical (unpaired) electrons. The number of aliphatic hydroxyl groups is 1. The number of unbranched alkanes of at least 4 members (excludes halogenated alkanes) is 2. The molecule has 0 aromatic heterocycles. The van der Waals surface area contributed by atoms with E-state index < -0.39 is 5.60 Å². The lowest BCUT2D eigenvalue weighted by Gasteiger charge is -2.48. The fourth-order valence-corrected chi connectivity index (χ4v) is 6.50. The second-order valence-electron chi connectivity index (χ2n) is 12.4. The molecule has 5 nitrogen and oxygen atoms in total. The molecular formula is C30H62N4O. The van der Waals surface area contributed by atoms with Crippen LogP contribution in [0.4, 0.5) is 0 Å². The van der Waals surface area contributed by atoms with E-state index in [1.54, 1.807) is 0 Å². The number of hydrogen-bond acceptors (Lipinski definition) is 5. The molecule has 1 heterocycles. The van der Waals surface area contributed by atoms with Crippen molar-refractivity contribution in [3.05, 3.63) is 0 Å². The Balaban J connectivity index is 1.91. The molecule has 208 valence electrons. The molecule has 3 N–H and O–H groups in total. The lowest BCUT2D eigenvalue weighted by molar-refractivity contribution is 0.00150. The normalized spacial score (nSPS) is 25.5. The van der Waals surface area contributed by atoms with Gasteiger partial charge in [0, 0.05) is 51.4 Å². The van der Waals surface area contributed by atoms with Crippen LogP contribution in [0.25, 0.3) is 0 Å². The van der Waals surface area contributed by atoms with Gasteiger partial charge in [0.25, 0.3) is 0 Å². The number of rotatable bonds is 18. The first kappa shape index (κ1) is 31.0. The van der Waals surface area contributed by atoms with Gasteiger partial charge in [-0.1, -0.05) is 85.5 Å². The van der Waals surface area contributed by atoms with Crippen LogP contribution in [0.3, 0.4) is 0 Å². The maximum atomic E-state index is 10.8. The predicted octanol–water partition coefficient (Wildman–Crippen LogP) is 5.63. The zero-order valence-electron chi connectivity index (χ0n) is 24.3. The largest absolute Gasteiger partial charge is 0.389 e. The summed E-state index contributed by atoms with van der Waals surface area (Å²) in [4.78, 5) is 5.51. The van der Waals surface area contributed by atoms with Gasteiger partial charge in [-0.2, -0.15) is 0 Å². The van der Waals surface area contributed by atoms with E-state index in [-0.39, 0.29) is 5.54 Å². The molecule has 1 aliphatic heterocycles. The maximum Gasteiger partial charge on any atom is 0.0771 e. The minimum absolute atomic E-state index is 0.119. The quantitative estimate of drug-likeness (QED) is 0.216. The van der Waals surface area contributed by atoms with Crippen molar-refractivity contribution in [1.82, 2.24) is 20.4 Å². The van der Waals surface area contributed by atoms with Gasteiger partial charge < -0.3 is 15.7 Å². The highest BCUT2D eigenvalue weighted by atomic mass is 16.3. The second kappa shape index (κ2) is 16.6. The average molecular weight is 495 g/mol. The summed E-state index contributed by atoms with van der Waals surface area (Å²) in [5, 5.41) is 18.3. The van der Waals surface area contributed by atoms with Gasteiger partial charge in [-0.15, -0.1) is 0 Å². The number of nitrogens with zero attached hydrogens (tertiary/aromatic N) is 2. The van der Waals surface area contributed by atoms with Crippen molar-refractivity contribution in [2.24, 2.45) is 11.8 Å². The molecule has 0 amide bonds. The van der Waals surface area contributed by atoms with Crippen LogP contribution in [0.5, 0.6) is 0 Å². The molecule has 2 fully saturated rings. The zero-order valence-corrected chi connectivity index (χ0v) is 24.3. The third-order valence-electron chi connectivity index (χ3n) is 8.76. The summed E-state index contributed by atoms with van der Waals surface area (Å²) in [6, 6.07) is 0. The van der Waals surface area contributed by atoms with Gasteiger partial charge in [0.05, 0.1) is 12.3 Å². The van der Waals surface area contributed by atoms with Crippen LogP contribution in [0.1, 0.15) is 118 Å². The van der Waals surface area contributed by atoms with Crippen LogP contribution >= 0.6 is 0 Å². The first-order chi connectivity index (χ1) is 16.8. The Bertz CT molecular complexity index is 510. The molecule has 5 heteroatoms. The second-order valence-corrected chi connectivity index (χ2v) is 12.4. The Kier molecular flexibility index (Phi) is 14.7. The summed E-state index contributed by atoms with van der Waals surface area (Å²) in [5.74, 6) is 1.64. The van der Waals surface area contributed by atoms with Crippen molar-refractivity contribution in [3.8, 4) is 0 Å². The van der Waals surface area contributed by atoms with Crippen molar-refractivity contribution >= 4 is 0 Å². The smallest absolute Gasteiger partial charge is 0.0771 e. The zero-order chi connectivity index (χ0) is 25.6. The van der Waals surface area contributed by atoms with Gasteiger partial charge >= 0.3 is 0 Å². The summed E-state index contributed by atoms with van der Waals surface area (Å²) in [7, 11) is 0. The highest BCUT2D eigenvalue weighted by Crippen LogP contribution is 2.27. The summed E-state index contributed by atoms with van der Waals surface area (Å²) < 4.78 is 0. The van der Waals surface area contributed by atoms with E-state index in [1.165, 1.54) is 83.7 Å². The van der Waals surface area contributed by atoms with Crippen molar-refractivity contribution < 1.29 is 5.11 Å². The van der Waals surface area contributed by atoms with Gasteiger partial charge in [-0.3, -0.25) is 9.80 Å². The summed E-state index contributed by atoms with van der Waals surface area (Å²) in [6.45, 7) is 20.4. The Hall–Kier alpha value is -0.200. The van der Waals surface area contributed by atoms with E-state index in [4.69, 9.17) is 0 Å². The standard InChI is InChI=1S/C30H62N4O/c1-6-10-15-27(8-3)21-33-24-29(5,25-34(26-33)22-28(9-4)16-11-7-2)32-20-19-31-23-30(35)17-13-12-14-18-30/h27-28,31-32,35H,6-26H2,1-5H3. The van der Waals surface area contributed by atoms with Crippen molar-refractivity contribution in [2.75, 3.05) is 52.5 Å². The fourth-order valence-electron chi connectivity index (χ4n) is 6.50. The minimum Gasteiger partial charge on any atom is -0.389 e. The molecule has 0 spiro atoms. The molecule has 0 bridgehead atoms. The summed E-state index contributed by atoms with van der Waals surface area (Å²) in [5.41, 5.74) is -0.352. The molecule has 2 rings (SSSR count). The Morgan fingerprint density at radius 2 is 1.34 bits per heavy atom. The highest BCUT2D eigenvalue weighted by molar-refractivity contribution is 4.95. The summed E-state index contributed by atoms with van der Waals surface area (Å²) >= 11 is 0. The SMILES string of the molecule is CCCCC(CC)CN1CN(CC(CC)CCCC)CC(C)(NCCNCC2(O)CCCCC2)C1. The first-order valence-electron chi connectivity index (χ1n) is 15.5. The average Bonchev–Trinajstić information content (AvgIpc) is 2.84. The van der Waals surface area contributed by atoms with Gasteiger partial charge in [0.15, 0.2) is 0 Å². The van der Waals surface area contributed by atoms with Crippen LogP contribution in [0.2, 0.25) is 0 Å². The van der Waals surface area contributed by atoms with E-state index in [0.29, 0.717) is 0 Å². The van der Waals surface area contributed by atoms with Crippen LogP contribution in [0.15, 0.2) is 0 Å². The summed E-state index contributed by atoms with van der Waals surface area (Å²) in [6.07, 6.45) is 16.2. The first-order valence-corrected chi connectivity index (χ1v) is 15.5. The van der Waals surface area contributed by atoms with Gasteiger partial charge in [0.2, 0.25) is 0 Å². The van der Waals surface area contributed by atoms with E-state index in [0.717, 1.165) is 64.1 Å². The molecule has 2 unspecified atom stereocenters. The lowest BCUT2D eigenvalue weighted by atomic mass is 9.85. The fraction of sp³-hybridized carbons (Fsp3) is 1.00. The van der Waals surface area contributed by atoms with Crippen molar-refractivity contribution in [1.29, 1.82) is 0 Å². The van der Waals surface area contributed by atoms with Gasteiger partial charge in [-0.25, -0.2) is 0 Å². The van der Waals surface area contributed by atoms with E-state index in [9.17, 15) is 5.11 Å². The minimum atomic E-state index is -0.470. The van der Waals surface area contributed by atoms with Crippen LogP contribution in [-0.4, -0.2) is 78.5 Å². The third-order valence-corrected chi connectivity index (χ3v) is 8.76. The molecule has 1 saturated carbocycles. The third kappa shape index (κ3) is 11.8. The van der Waals surface area contributed by atoms with E-state index in [2.05, 4.69) is 55.1 Å². The van der Waals surface area contributed by atoms with Crippen LogP contribution in [-0.2, 0) is 0 Å². The Morgan fingerprint density at radius 1 is 0.800 bits per heavy atom. The predicted molar refractivity (Wildman–Crippen MR) is 152 cm³/mol. The molecule has 1 saturated heterocycles. The molecule has 2 atom stereocenters. The lowest BCUT2D eigenvalue weighted by Crippen LogP contribution is -2.65. The Morgan fingerprint density at radius 3 is 1.83 bits per heavy atom. The van der Waals surface area contributed by atoms with Crippen molar-refractivity contribution in [2.45, 2.75) is 129 Å². The topological polar surface area (TPSA) is 50.8 Å².